The lowest BCUT2D eigenvalue weighted by Gasteiger charge is -2.16. The predicted molar refractivity (Wildman–Crippen MR) is 76.1 cm³/mol. The van der Waals surface area contributed by atoms with Gasteiger partial charge in [-0.1, -0.05) is 12.1 Å². The van der Waals surface area contributed by atoms with Gasteiger partial charge in [0.25, 0.3) is 0 Å². The van der Waals surface area contributed by atoms with Gasteiger partial charge in [0.05, 0.1) is 12.8 Å². The van der Waals surface area contributed by atoms with Crippen molar-refractivity contribution in [3.8, 4) is 5.75 Å². The van der Waals surface area contributed by atoms with Crippen LogP contribution in [0.3, 0.4) is 0 Å². The van der Waals surface area contributed by atoms with Gasteiger partial charge in [-0.3, -0.25) is 0 Å². The van der Waals surface area contributed by atoms with Crippen molar-refractivity contribution in [2.24, 2.45) is 0 Å². The summed E-state index contributed by atoms with van der Waals surface area (Å²) in [5, 5.41) is 2.98. The Morgan fingerprint density at radius 3 is 2.45 bits per heavy atom. The van der Waals surface area contributed by atoms with E-state index in [4.69, 9.17) is 4.74 Å². The number of benzene rings is 2. The van der Waals surface area contributed by atoms with Gasteiger partial charge in [-0.15, -0.1) is 0 Å². The van der Waals surface area contributed by atoms with Gasteiger partial charge >= 0.3 is 0 Å². The Morgan fingerprint density at radius 1 is 1.10 bits per heavy atom. The molecule has 2 nitrogen and oxygen atoms in total. The van der Waals surface area contributed by atoms with Crippen LogP contribution in [0.25, 0.3) is 0 Å². The summed E-state index contributed by atoms with van der Waals surface area (Å²) in [5.41, 5.74) is 1.29. The van der Waals surface area contributed by atoms with Gasteiger partial charge in [0.2, 0.25) is 0 Å². The molecule has 2 aromatic carbocycles. The van der Waals surface area contributed by atoms with Gasteiger partial charge in [-0.2, -0.15) is 0 Å². The summed E-state index contributed by atoms with van der Waals surface area (Å²) in [4.78, 5) is 0. The van der Waals surface area contributed by atoms with Crippen LogP contribution in [0.15, 0.2) is 42.5 Å². The van der Waals surface area contributed by atoms with Crippen LogP contribution in [-0.4, -0.2) is 13.2 Å². The Hall–Kier alpha value is -2.10. The van der Waals surface area contributed by atoms with Gasteiger partial charge in [0, 0.05) is 6.04 Å². The maximum absolute atomic E-state index is 13.5. The van der Waals surface area contributed by atoms with Crippen molar-refractivity contribution in [2.45, 2.75) is 19.4 Å². The van der Waals surface area contributed by atoms with Crippen molar-refractivity contribution in [3.63, 3.8) is 0 Å². The molecule has 20 heavy (non-hydrogen) atoms. The predicted octanol–water partition coefficient (Wildman–Crippen LogP) is 4.02. The molecule has 1 atom stereocenters. The van der Waals surface area contributed by atoms with Crippen LogP contribution in [0, 0.1) is 11.6 Å². The molecule has 0 aliphatic rings. The smallest absolute Gasteiger partial charge is 0.146 e. The second-order valence-electron chi connectivity index (χ2n) is 4.72. The molecule has 4 heteroatoms. The van der Waals surface area contributed by atoms with Crippen LogP contribution in [0.1, 0.15) is 12.5 Å². The van der Waals surface area contributed by atoms with Crippen LogP contribution in [-0.2, 0) is 6.42 Å². The van der Waals surface area contributed by atoms with Crippen molar-refractivity contribution in [2.75, 3.05) is 12.4 Å². The van der Waals surface area contributed by atoms with Crippen molar-refractivity contribution in [1.29, 1.82) is 0 Å². The third kappa shape index (κ3) is 3.70. The average molecular weight is 277 g/mol. The fraction of sp³-hybridized carbons (Fsp3) is 0.250. The summed E-state index contributed by atoms with van der Waals surface area (Å²) in [7, 11) is 1.62. The fourth-order valence-electron chi connectivity index (χ4n) is 2.04. The molecular weight excluding hydrogens is 260 g/mol. The van der Waals surface area contributed by atoms with Crippen molar-refractivity contribution < 1.29 is 13.5 Å². The minimum atomic E-state index is -0.453. The monoisotopic (exact) mass is 277 g/mol. The van der Waals surface area contributed by atoms with E-state index in [0.29, 0.717) is 6.42 Å². The van der Waals surface area contributed by atoms with E-state index in [1.165, 1.54) is 6.07 Å². The van der Waals surface area contributed by atoms with E-state index in [1.807, 2.05) is 31.2 Å². The molecule has 1 unspecified atom stereocenters. The lowest BCUT2D eigenvalue weighted by Crippen LogP contribution is -2.19. The molecule has 0 heterocycles. The van der Waals surface area contributed by atoms with E-state index in [2.05, 4.69) is 5.32 Å². The SMILES string of the molecule is COc1ccc(CC(C)Nc2cc(F)ccc2F)cc1. The molecule has 0 aliphatic heterocycles. The van der Waals surface area contributed by atoms with Crippen LogP contribution < -0.4 is 10.1 Å². The second-order valence-corrected chi connectivity index (χ2v) is 4.72. The molecule has 0 aromatic heterocycles. The first kappa shape index (κ1) is 14.3. The molecule has 2 rings (SSSR count). The average Bonchev–Trinajstić information content (AvgIpc) is 2.43. The highest BCUT2D eigenvalue weighted by molar-refractivity contribution is 5.46. The Bertz CT molecular complexity index is 569. The summed E-state index contributed by atoms with van der Waals surface area (Å²) in [6, 6.07) is 11.1. The van der Waals surface area contributed by atoms with Crippen molar-refractivity contribution in [1.82, 2.24) is 0 Å². The second kappa shape index (κ2) is 6.37. The molecule has 0 radical (unpaired) electrons. The molecular formula is C16H17F2NO. The molecule has 0 saturated heterocycles. The molecule has 0 bridgehead atoms. The summed E-state index contributed by atoms with van der Waals surface area (Å²) < 4.78 is 31.7. The first-order chi connectivity index (χ1) is 9.58. The molecule has 106 valence electrons. The Labute approximate surface area is 117 Å². The summed E-state index contributed by atoms with van der Waals surface area (Å²) in [5.74, 6) is -0.107. The molecule has 0 amide bonds. The Kier molecular flexibility index (Phi) is 4.56. The number of methoxy groups -OCH3 is 1. The molecule has 0 spiro atoms. The zero-order valence-corrected chi connectivity index (χ0v) is 11.5. The van der Waals surface area contributed by atoms with E-state index in [9.17, 15) is 8.78 Å². The van der Waals surface area contributed by atoms with Gasteiger partial charge in [0.15, 0.2) is 0 Å². The van der Waals surface area contributed by atoms with Crippen LogP contribution in [0.5, 0.6) is 5.75 Å². The zero-order chi connectivity index (χ0) is 14.5. The standard InChI is InChI=1S/C16H17F2NO/c1-11(9-12-3-6-14(20-2)7-4-12)19-16-10-13(17)5-8-15(16)18/h3-8,10-11,19H,9H2,1-2H3. The largest absolute Gasteiger partial charge is 0.497 e. The number of ether oxygens (including phenoxy) is 1. The number of nitrogens with one attached hydrogen (secondary N) is 1. The number of anilines is 1. The molecule has 0 fully saturated rings. The highest BCUT2D eigenvalue weighted by atomic mass is 19.1. The number of halogens is 2. The van der Waals surface area contributed by atoms with Gasteiger partial charge in [0.1, 0.15) is 17.4 Å². The van der Waals surface area contributed by atoms with Crippen LogP contribution >= 0.6 is 0 Å². The summed E-state index contributed by atoms with van der Waals surface area (Å²) >= 11 is 0. The van der Waals surface area contributed by atoms with E-state index in [0.717, 1.165) is 23.4 Å². The lowest BCUT2D eigenvalue weighted by molar-refractivity contribution is 0.414. The van der Waals surface area contributed by atoms with Gasteiger partial charge < -0.3 is 10.1 Å². The number of rotatable bonds is 5. The van der Waals surface area contributed by atoms with E-state index in [-0.39, 0.29) is 11.7 Å². The highest BCUT2D eigenvalue weighted by Crippen LogP contribution is 2.18. The molecule has 0 saturated carbocycles. The van der Waals surface area contributed by atoms with Gasteiger partial charge in [-0.25, -0.2) is 8.78 Å². The summed E-state index contributed by atoms with van der Waals surface area (Å²) in [6.45, 7) is 1.93. The third-order valence-corrected chi connectivity index (χ3v) is 3.03. The van der Waals surface area contributed by atoms with Crippen LogP contribution in [0.4, 0.5) is 14.5 Å². The fourth-order valence-corrected chi connectivity index (χ4v) is 2.04. The minimum Gasteiger partial charge on any atom is -0.497 e. The van der Waals surface area contributed by atoms with E-state index in [1.54, 1.807) is 7.11 Å². The minimum absolute atomic E-state index is 0.0142. The van der Waals surface area contributed by atoms with Crippen molar-refractivity contribution >= 4 is 5.69 Å². The molecule has 1 N–H and O–H groups in total. The Morgan fingerprint density at radius 2 is 1.80 bits per heavy atom. The molecule has 0 aliphatic carbocycles. The number of hydrogen-bond acceptors (Lipinski definition) is 2. The van der Waals surface area contributed by atoms with E-state index >= 15 is 0 Å². The first-order valence-corrected chi connectivity index (χ1v) is 6.43. The summed E-state index contributed by atoms with van der Waals surface area (Å²) in [6.07, 6.45) is 0.708. The maximum atomic E-state index is 13.5. The third-order valence-electron chi connectivity index (χ3n) is 3.03. The zero-order valence-electron chi connectivity index (χ0n) is 11.5. The molecule has 2 aromatic rings. The van der Waals surface area contributed by atoms with Gasteiger partial charge in [-0.05, 0) is 49.2 Å². The normalized spacial score (nSPS) is 12.0. The topological polar surface area (TPSA) is 21.3 Å². The lowest BCUT2D eigenvalue weighted by atomic mass is 10.1. The maximum Gasteiger partial charge on any atom is 0.146 e. The highest BCUT2D eigenvalue weighted by Gasteiger charge is 2.08. The Balaban J connectivity index is 2.00. The van der Waals surface area contributed by atoms with Crippen LogP contribution in [0.2, 0.25) is 0 Å². The quantitative estimate of drug-likeness (QED) is 0.891. The first-order valence-electron chi connectivity index (χ1n) is 6.43. The van der Waals surface area contributed by atoms with Crippen molar-refractivity contribution in [3.05, 3.63) is 59.7 Å². The van der Waals surface area contributed by atoms with E-state index < -0.39 is 11.6 Å². The number of hydrogen-bond donors (Lipinski definition) is 1.